The number of amides is 1. The average Bonchev–Trinajstić information content (AvgIpc) is 2.46. The number of amidine groups is 1. The summed E-state index contributed by atoms with van der Waals surface area (Å²) in [5, 5.41) is 21.6. The summed E-state index contributed by atoms with van der Waals surface area (Å²) in [6.45, 7) is 0.998. The molecule has 0 radical (unpaired) electrons. The van der Waals surface area contributed by atoms with Crippen LogP contribution in [0.25, 0.3) is 0 Å². The molecule has 1 aliphatic heterocycles. The standard InChI is InChI=1S/C12H23N3O5/c1-15(7-9(16)8-19-2)11(17)12(10(13)14-18)3-5-20-6-4-12/h9,16,18H,3-8H2,1-2H3,(H2,13,14). The minimum absolute atomic E-state index is 0.112. The van der Waals surface area contributed by atoms with E-state index in [1.54, 1.807) is 7.05 Å². The number of likely N-dealkylation sites (N-methyl/N-ethyl adjacent to an activating group) is 1. The first kappa shape index (κ1) is 16.7. The van der Waals surface area contributed by atoms with Gasteiger partial charge in [0.1, 0.15) is 5.41 Å². The number of carbonyl (C=O) groups is 1. The van der Waals surface area contributed by atoms with Crippen LogP contribution in [0.15, 0.2) is 5.16 Å². The van der Waals surface area contributed by atoms with Gasteiger partial charge in [0.2, 0.25) is 5.91 Å². The molecule has 1 heterocycles. The number of hydrogen-bond acceptors (Lipinski definition) is 6. The van der Waals surface area contributed by atoms with Gasteiger partial charge in [0.15, 0.2) is 5.84 Å². The van der Waals surface area contributed by atoms with Crippen LogP contribution in [0.4, 0.5) is 0 Å². The molecule has 1 aliphatic rings. The van der Waals surface area contributed by atoms with Gasteiger partial charge in [0.25, 0.3) is 0 Å². The minimum Gasteiger partial charge on any atom is -0.409 e. The molecule has 0 spiro atoms. The second-order valence-corrected chi connectivity index (χ2v) is 4.97. The Hall–Kier alpha value is -1.38. The van der Waals surface area contributed by atoms with Crippen molar-refractivity contribution in [2.75, 3.05) is 40.5 Å². The molecule has 1 rings (SSSR count). The largest absolute Gasteiger partial charge is 0.409 e. The fourth-order valence-corrected chi connectivity index (χ4v) is 2.40. The smallest absolute Gasteiger partial charge is 0.236 e. The Labute approximate surface area is 118 Å². The Morgan fingerprint density at radius 3 is 2.65 bits per heavy atom. The van der Waals surface area contributed by atoms with Crippen molar-refractivity contribution in [1.82, 2.24) is 4.90 Å². The summed E-state index contributed by atoms with van der Waals surface area (Å²) in [7, 11) is 3.05. The van der Waals surface area contributed by atoms with Crippen molar-refractivity contribution in [2.24, 2.45) is 16.3 Å². The fourth-order valence-electron chi connectivity index (χ4n) is 2.40. The molecule has 0 aromatic rings. The van der Waals surface area contributed by atoms with E-state index in [-0.39, 0.29) is 24.9 Å². The van der Waals surface area contributed by atoms with Gasteiger partial charge in [-0.2, -0.15) is 0 Å². The maximum absolute atomic E-state index is 12.6. The number of ether oxygens (including phenoxy) is 2. The molecule has 1 atom stereocenters. The molecule has 1 amide bonds. The van der Waals surface area contributed by atoms with E-state index in [9.17, 15) is 9.90 Å². The van der Waals surface area contributed by atoms with E-state index in [4.69, 9.17) is 20.4 Å². The van der Waals surface area contributed by atoms with Crippen molar-refractivity contribution in [1.29, 1.82) is 0 Å². The van der Waals surface area contributed by atoms with Gasteiger partial charge < -0.3 is 30.4 Å². The molecule has 4 N–H and O–H groups in total. The van der Waals surface area contributed by atoms with Crippen LogP contribution < -0.4 is 5.73 Å². The first-order valence-electron chi connectivity index (χ1n) is 6.46. The highest BCUT2D eigenvalue weighted by molar-refractivity contribution is 6.06. The van der Waals surface area contributed by atoms with Crippen molar-refractivity contribution >= 4 is 11.7 Å². The van der Waals surface area contributed by atoms with E-state index < -0.39 is 11.5 Å². The number of nitrogens with two attached hydrogens (primary N) is 1. The van der Waals surface area contributed by atoms with Gasteiger partial charge in [-0.15, -0.1) is 0 Å². The zero-order chi connectivity index (χ0) is 15.2. The highest BCUT2D eigenvalue weighted by Gasteiger charge is 2.46. The molecule has 0 aromatic carbocycles. The van der Waals surface area contributed by atoms with Crippen LogP contribution >= 0.6 is 0 Å². The molecule has 1 unspecified atom stereocenters. The minimum atomic E-state index is -1.06. The Balaban J connectivity index is 2.83. The zero-order valence-electron chi connectivity index (χ0n) is 11.9. The van der Waals surface area contributed by atoms with E-state index in [1.807, 2.05) is 0 Å². The molecule has 0 aromatic heterocycles. The number of hydrogen-bond donors (Lipinski definition) is 3. The van der Waals surface area contributed by atoms with Gasteiger partial charge >= 0.3 is 0 Å². The van der Waals surface area contributed by atoms with Gasteiger partial charge in [-0.1, -0.05) is 5.16 Å². The van der Waals surface area contributed by atoms with Crippen LogP contribution in [0.2, 0.25) is 0 Å². The van der Waals surface area contributed by atoms with Crippen molar-refractivity contribution in [2.45, 2.75) is 18.9 Å². The summed E-state index contributed by atoms with van der Waals surface area (Å²) >= 11 is 0. The lowest BCUT2D eigenvalue weighted by atomic mass is 9.77. The molecule has 0 bridgehead atoms. The summed E-state index contributed by atoms with van der Waals surface area (Å²) in [6.07, 6.45) is -0.0723. The third-order valence-electron chi connectivity index (χ3n) is 3.54. The Morgan fingerprint density at radius 2 is 2.15 bits per heavy atom. The monoisotopic (exact) mass is 289 g/mol. The van der Waals surface area contributed by atoms with E-state index in [1.165, 1.54) is 12.0 Å². The predicted octanol–water partition coefficient (Wildman–Crippen LogP) is -1.00. The average molecular weight is 289 g/mol. The van der Waals surface area contributed by atoms with Crippen LogP contribution in [-0.2, 0) is 14.3 Å². The first-order chi connectivity index (χ1) is 9.47. The SMILES string of the molecule is COCC(O)CN(C)C(=O)C1(C(N)=NO)CCOCC1. The van der Waals surface area contributed by atoms with Crippen molar-refractivity contribution in [3.63, 3.8) is 0 Å². The van der Waals surface area contributed by atoms with Gasteiger partial charge in [0.05, 0.1) is 12.7 Å². The van der Waals surface area contributed by atoms with E-state index in [2.05, 4.69) is 5.16 Å². The highest BCUT2D eigenvalue weighted by Crippen LogP contribution is 2.33. The van der Waals surface area contributed by atoms with Crippen LogP contribution in [0.3, 0.4) is 0 Å². The summed E-state index contributed by atoms with van der Waals surface area (Å²) in [6, 6.07) is 0. The molecule has 116 valence electrons. The van der Waals surface area contributed by atoms with Crippen molar-refractivity contribution in [3.05, 3.63) is 0 Å². The van der Waals surface area contributed by atoms with Crippen molar-refractivity contribution in [3.8, 4) is 0 Å². The number of methoxy groups -OCH3 is 1. The lowest BCUT2D eigenvalue weighted by Crippen LogP contribution is -2.54. The maximum Gasteiger partial charge on any atom is 0.236 e. The Morgan fingerprint density at radius 1 is 1.55 bits per heavy atom. The van der Waals surface area contributed by atoms with Gasteiger partial charge in [-0.25, -0.2) is 0 Å². The number of aliphatic hydroxyl groups is 1. The van der Waals surface area contributed by atoms with E-state index >= 15 is 0 Å². The molecule has 0 saturated carbocycles. The van der Waals surface area contributed by atoms with Crippen LogP contribution in [0, 0.1) is 5.41 Å². The molecular formula is C12H23N3O5. The van der Waals surface area contributed by atoms with Crippen LogP contribution in [0.1, 0.15) is 12.8 Å². The lowest BCUT2D eigenvalue weighted by molar-refractivity contribution is -0.143. The number of aliphatic hydroxyl groups excluding tert-OH is 1. The number of rotatable bonds is 6. The first-order valence-corrected chi connectivity index (χ1v) is 6.46. The molecule has 8 nitrogen and oxygen atoms in total. The fraction of sp³-hybridized carbons (Fsp3) is 0.833. The van der Waals surface area contributed by atoms with Gasteiger partial charge in [-0.3, -0.25) is 4.79 Å². The van der Waals surface area contributed by atoms with E-state index in [0.29, 0.717) is 26.1 Å². The second kappa shape index (κ2) is 7.41. The number of oxime groups is 1. The number of nitrogens with zero attached hydrogens (tertiary/aromatic N) is 2. The highest BCUT2D eigenvalue weighted by atomic mass is 16.5. The molecule has 20 heavy (non-hydrogen) atoms. The molecule has 1 fully saturated rings. The Bertz CT molecular complexity index is 355. The van der Waals surface area contributed by atoms with Crippen LogP contribution in [0.5, 0.6) is 0 Å². The second-order valence-electron chi connectivity index (χ2n) is 4.97. The summed E-state index contributed by atoms with van der Waals surface area (Å²) in [4.78, 5) is 14.0. The van der Waals surface area contributed by atoms with Crippen molar-refractivity contribution < 1.29 is 24.6 Å². The normalized spacial score (nSPS) is 20.4. The molecule has 8 heteroatoms. The predicted molar refractivity (Wildman–Crippen MR) is 71.4 cm³/mol. The third-order valence-corrected chi connectivity index (χ3v) is 3.54. The van der Waals surface area contributed by atoms with E-state index in [0.717, 1.165) is 0 Å². The van der Waals surface area contributed by atoms with Gasteiger partial charge in [-0.05, 0) is 12.8 Å². The molecule has 1 saturated heterocycles. The summed E-state index contributed by atoms with van der Waals surface area (Å²) in [5.41, 5.74) is 4.66. The summed E-state index contributed by atoms with van der Waals surface area (Å²) in [5.74, 6) is -0.398. The molecule has 0 aliphatic carbocycles. The summed E-state index contributed by atoms with van der Waals surface area (Å²) < 4.78 is 10.1. The quantitative estimate of drug-likeness (QED) is 0.250. The van der Waals surface area contributed by atoms with Gasteiger partial charge in [0, 0.05) is 33.9 Å². The van der Waals surface area contributed by atoms with Crippen LogP contribution in [-0.4, -0.2) is 73.6 Å². The zero-order valence-corrected chi connectivity index (χ0v) is 11.9. The number of carbonyl (C=O) groups excluding carboxylic acids is 1. The Kier molecular flexibility index (Phi) is 6.18. The topological polar surface area (TPSA) is 118 Å². The molecular weight excluding hydrogens is 266 g/mol. The third kappa shape index (κ3) is 3.59. The maximum atomic E-state index is 12.6. The lowest BCUT2D eigenvalue weighted by Gasteiger charge is -2.37.